The van der Waals surface area contributed by atoms with E-state index >= 15 is 0 Å². The summed E-state index contributed by atoms with van der Waals surface area (Å²) in [4.78, 5) is 12.3. The van der Waals surface area contributed by atoms with Gasteiger partial charge in [-0.1, -0.05) is 12.1 Å². The molecule has 0 unspecified atom stereocenters. The van der Waals surface area contributed by atoms with Crippen LogP contribution in [0.2, 0.25) is 0 Å². The van der Waals surface area contributed by atoms with Crippen LogP contribution in [0.3, 0.4) is 0 Å². The average Bonchev–Trinajstić information content (AvgIpc) is 2.96. The van der Waals surface area contributed by atoms with Crippen LogP contribution in [0.4, 0.5) is 8.78 Å². The molecule has 5 nitrogen and oxygen atoms in total. The number of benzene rings is 2. The van der Waals surface area contributed by atoms with Gasteiger partial charge in [0.15, 0.2) is 0 Å². The molecule has 0 aliphatic carbocycles. The summed E-state index contributed by atoms with van der Waals surface area (Å²) in [5, 5.41) is 8.41. The molecule has 144 valence electrons. The third-order valence-corrected chi connectivity index (χ3v) is 5.05. The first-order chi connectivity index (χ1) is 13.5. The van der Waals surface area contributed by atoms with Crippen LogP contribution in [-0.4, -0.2) is 27.7 Å². The normalized spacial score (nSPS) is 11.1. The minimum atomic E-state index is -0.358. The van der Waals surface area contributed by atoms with Gasteiger partial charge >= 0.3 is 0 Å². The molecule has 0 aliphatic rings. The van der Waals surface area contributed by atoms with Gasteiger partial charge in [0.2, 0.25) is 5.91 Å². The standard InChI is InChI=1S/C20H18F2N4OS/c1-13-17(14(2)26(25-13)16-9-7-15(21)8-10-16)11-23-24-20(27)12-28-19-6-4-3-5-18(19)22/h3-11H,12H2,1-2H3,(H,24,27)/b23-11-. The van der Waals surface area contributed by atoms with Gasteiger partial charge in [0.05, 0.1) is 29.0 Å². The van der Waals surface area contributed by atoms with Crippen molar-refractivity contribution in [3.63, 3.8) is 0 Å². The monoisotopic (exact) mass is 400 g/mol. The van der Waals surface area contributed by atoms with E-state index in [0.29, 0.717) is 4.90 Å². The Balaban J connectivity index is 1.63. The third kappa shape index (κ3) is 4.64. The Morgan fingerprint density at radius 2 is 1.89 bits per heavy atom. The van der Waals surface area contributed by atoms with Crippen molar-refractivity contribution in [2.75, 3.05) is 5.75 Å². The number of amides is 1. The quantitative estimate of drug-likeness (QED) is 0.386. The van der Waals surface area contributed by atoms with Gasteiger partial charge in [0, 0.05) is 10.5 Å². The van der Waals surface area contributed by atoms with Crippen LogP contribution < -0.4 is 5.43 Å². The Labute approximate surface area is 165 Å². The molecule has 0 atom stereocenters. The first-order valence-corrected chi connectivity index (χ1v) is 9.45. The van der Waals surface area contributed by atoms with Gasteiger partial charge in [-0.25, -0.2) is 18.9 Å². The smallest absolute Gasteiger partial charge is 0.250 e. The zero-order valence-electron chi connectivity index (χ0n) is 15.3. The number of halogens is 2. The van der Waals surface area contributed by atoms with Crippen molar-refractivity contribution in [1.82, 2.24) is 15.2 Å². The molecule has 2 aromatic carbocycles. The molecule has 0 saturated carbocycles. The maximum absolute atomic E-state index is 13.6. The fourth-order valence-corrected chi connectivity index (χ4v) is 3.31. The summed E-state index contributed by atoms with van der Waals surface area (Å²) in [6, 6.07) is 12.3. The van der Waals surface area contributed by atoms with Crippen molar-refractivity contribution >= 4 is 23.9 Å². The van der Waals surface area contributed by atoms with Crippen molar-refractivity contribution < 1.29 is 13.6 Å². The minimum absolute atomic E-state index is 0.0467. The second-order valence-corrected chi connectivity index (χ2v) is 7.00. The van der Waals surface area contributed by atoms with E-state index in [-0.39, 0.29) is 23.3 Å². The number of nitrogens with one attached hydrogen (secondary N) is 1. The summed E-state index contributed by atoms with van der Waals surface area (Å²) >= 11 is 1.10. The predicted molar refractivity (Wildman–Crippen MR) is 106 cm³/mol. The summed E-state index contributed by atoms with van der Waals surface area (Å²) in [7, 11) is 0. The third-order valence-electron chi connectivity index (χ3n) is 4.00. The number of aromatic nitrogens is 2. The lowest BCUT2D eigenvalue weighted by molar-refractivity contribution is -0.118. The molecule has 28 heavy (non-hydrogen) atoms. The number of aryl methyl sites for hydroxylation is 1. The lowest BCUT2D eigenvalue weighted by Crippen LogP contribution is -2.19. The maximum atomic E-state index is 13.6. The molecule has 0 saturated heterocycles. The molecule has 0 fully saturated rings. The highest BCUT2D eigenvalue weighted by molar-refractivity contribution is 8.00. The Hall–Kier alpha value is -3.00. The fourth-order valence-electron chi connectivity index (χ4n) is 2.58. The van der Waals surface area contributed by atoms with Crippen LogP contribution in [0.15, 0.2) is 58.5 Å². The highest BCUT2D eigenvalue weighted by Gasteiger charge is 2.11. The van der Waals surface area contributed by atoms with Crippen LogP contribution in [0.5, 0.6) is 0 Å². The van der Waals surface area contributed by atoms with Crippen LogP contribution in [-0.2, 0) is 4.79 Å². The molecule has 1 aromatic heterocycles. The topological polar surface area (TPSA) is 59.3 Å². The molecular formula is C20H18F2N4OS. The van der Waals surface area contributed by atoms with E-state index in [2.05, 4.69) is 15.6 Å². The van der Waals surface area contributed by atoms with Crippen molar-refractivity contribution in [2.45, 2.75) is 18.7 Å². The van der Waals surface area contributed by atoms with Gasteiger partial charge in [0.1, 0.15) is 11.6 Å². The van der Waals surface area contributed by atoms with E-state index in [0.717, 1.165) is 34.4 Å². The molecule has 0 radical (unpaired) electrons. The van der Waals surface area contributed by atoms with Gasteiger partial charge in [-0.05, 0) is 50.2 Å². The van der Waals surface area contributed by atoms with Gasteiger partial charge in [-0.3, -0.25) is 4.79 Å². The SMILES string of the molecule is Cc1nn(-c2ccc(F)cc2)c(C)c1/C=N\NC(=O)CSc1ccccc1F. The van der Waals surface area contributed by atoms with Crippen LogP contribution in [0, 0.1) is 25.5 Å². The Bertz CT molecular complexity index is 1020. The van der Waals surface area contributed by atoms with Crippen molar-refractivity contribution in [3.8, 4) is 5.69 Å². The summed E-state index contributed by atoms with van der Waals surface area (Å²) in [5.41, 5.74) is 5.45. The maximum Gasteiger partial charge on any atom is 0.250 e. The number of hydrogen-bond donors (Lipinski definition) is 1. The summed E-state index contributed by atoms with van der Waals surface area (Å²) in [6.07, 6.45) is 1.52. The molecule has 0 bridgehead atoms. The second-order valence-electron chi connectivity index (χ2n) is 5.98. The fraction of sp³-hybridized carbons (Fsp3) is 0.150. The van der Waals surface area contributed by atoms with E-state index < -0.39 is 0 Å². The molecule has 0 aliphatic heterocycles. The molecule has 1 amide bonds. The van der Waals surface area contributed by atoms with Crippen LogP contribution in [0.1, 0.15) is 17.0 Å². The number of hydrogen-bond acceptors (Lipinski definition) is 4. The molecule has 8 heteroatoms. The van der Waals surface area contributed by atoms with E-state index in [1.54, 1.807) is 35.0 Å². The van der Waals surface area contributed by atoms with E-state index in [1.165, 1.54) is 24.4 Å². The highest BCUT2D eigenvalue weighted by atomic mass is 32.2. The Kier molecular flexibility index (Phi) is 6.20. The minimum Gasteiger partial charge on any atom is -0.272 e. The average molecular weight is 400 g/mol. The summed E-state index contributed by atoms with van der Waals surface area (Å²) < 4.78 is 28.4. The molecule has 1 heterocycles. The van der Waals surface area contributed by atoms with Crippen LogP contribution in [0.25, 0.3) is 5.69 Å². The van der Waals surface area contributed by atoms with Crippen LogP contribution >= 0.6 is 11.8 Å². The zero-order chi connectivity index (χ0) is 20.1. The van der Waals surface area contributed by atoms with E-state index in [9.17, 15) is 13.6 Å². The van der Waals surface area contributed by atoms with Crippen molar-refractivity contribution in [3.05, 3.63) is 77.1 Å². The Morgan fingerprint density at radius 1 is 1.18 bits per heavy atom. The van der Waals surface area contributed by atoms with Gasteiger partial charge in [-0.15, -0.1) is 11.8 Å². The summed E-state index contributed by atoms with van der Waals surface area (Å²) in [6.45, 7) is 3.69. The molecule has 3 aromatic rings. The summed E-state index contributed by atoms with van der Waals surface area (Å²) in [5.74, 6) is -0.970. The number of carbonyl (C=O) groups is 1. The Morgan fingerprint density at radius 3 is 2.61 bits per heavy atom. The number of rotatable bonds is 6. The predicted octanol–water partition coefficient (Wildman–Crippen LogP) is 4.01. The van der Waals surface area contributed by atoms with Crippen molar-refractivity contribution in [2.24, 2.45) is 5.10 Å². The second kappa shape index (κ2) is 8.79. The molecular weight excluding hydrogens is 382 g/mol. The first-order valence-electron chi connectivity index (χ1n) is 8.47. The number of thioether (sulfide) groups is 1. The lowest BCUT2D eigenvalue weighted by Gasteiger charge is -2.04. The van der Waals surface area contributed by atoms with Gasteiger partial charge in [-0.2, -0.15) is 10.2 Å². The highest BCUT2D eigenvalue weighted by Crippen LogP contribution is 2.20. The molecule has 3 rings (SSSR count). The lowest BCUT2D eigenvalue weighted by atomic mass is 10.2. The molecule has 0 spiro atoms. The zero-order valence-corrected chi connectivity index (χ0v) is 16.1. The van der Waals surface area contributed by atoms with Crippen molar-refractivity contribution in [1.29, 1.82) is 0 Å². The van der Waals surface area contributed by atoms with Gasteiger partial charge in [0.25, 0.3) is 0 Å². The number of hydrazone groups is 1. The molecule has 1 N–H and O–H groups in total. The van der Waals surface area contributed by atoms with Gasteiger partial charge < -0.3 is 0 Å². The first kappa shape index (κ1) is 19.8. The largest absolute Gasteiger partial charge is 0.272 e. The van der Waals surface area contributed by atoms with E-state index in [4.69, 9.17) is 0 Å². The van der Waals surface area contributed by atoms with E-state index in [1.807, 2.05) is 13.8 Å². The number of carbonyl (C=O) groups excluding carboxylic acids is 1. The number of nitrogens with zero attached hydrogens (tertiary/aromatic N) is 3.